The van der Waals surface area contributed by atoms with Crippen LogP contribution in [0.5, 0.6) is 0 Å². The Morgan fingerprint density at radius 1 is 1.41 bits per heavy atom. The van der Waals surface area contributed by atoms with E-state index in [0.717, 1.165) is 32.5 Å². The summed E-state index contributed by atoms with van der Waals surface area (Å²) < 4.78 is 5.04. The van der Waals surface area contributed by atoms with Crippen LogP contribution >= 0.6 is 0 Å². The fourth-order valence-electron chi connectivity index (χ4n) is 2.24. The summed E-state index contributed by atoms with van der Waals surface area (Å²) in [5, 5.41) is 9.23. The molecule has 0 aromatic carbocycles. The molecule has 0 amide bonds. The lowest BCUT2D eigenvalue weighted by molar-refractivity contribution is -0.149. The Bertz CT molecular complexity index is 245. The van der Waals surface area contributed by atoms with E-state index in [2.05, 4.69) is 18.7 Å². The van der Waals surface area contributed by atoms with Crippen LogP contribution in [0.4, 0.5) is 0 Å². The Morgan fingerprint density at radius 3 is 2.47 bits per heavy atom. The number of ether oxygens (including phenoxy) is 1. The smallest absolute Gasteiger partial charge is 0.309 e. The van der Waals surface area contributed by atoms with Crippen molar-refractivity contribution in [3.63, 3.8) is 0 Å². The largest absolute Gasteiger partial charge is 0.466 e. The Kier molecular flexibility index (Phi) is 5.40. The van der Waals surface area contributed by atoms with E-state index >= 15 is 0 Å². The molecule has 0 atom stereocenters. The van der Waals surface area contributed by atoms with E-state index in [1.807, 2.05) is 6.92 Å². The van der Waals surface area contributed by atoms with Crippen molar-refractivity contribution in [2.45, 2.75) is 33.6 Å². The van der Waals surface area contributed by atoms with E-state index in [4.69, 9.17) is 4.74 Å². The van der Waals surface area contributed by atoms with Gasteiger partial charge in [0, 0.05) is 18.6 Å². The fourth-order valence-corrected chi connectivity index (χ4v) is 2.24. The van der Waals surface area contributed by atoms with Gasteiger partial charge in [0.15, 0.2) is 0 Å². The van der Waals surface area contributed by atoms with Crippen molar-refractivity contribution >= 4 is 5.97 Å². The van der Waals surface area contributed by atoms with E-state index in [-0.39, 0.29) is 23.9 Å². The summed E-state index contributed by atoms with van der Waals surface area (Å²) in [5.41, 5.74) is -0.0588. The summed E-state index contributed by atoms with van der Waals surface area (Å²) >= 11 is 0. The van der Waals surface area contributed by atoms with Gasteiger partial charge in [-0.15, -0.1) is 0 Å². The first kappa shape index (κ1) is 14.5. The van der Waals surface area contributed by atoms with Crippen LogP contribution in [-0.2, 0) is 9.53 Å². The third-order valence-corrected chi connectivity index (χ3v) is 3.29. The predicted molar refractivity (Wildman–Crippen MR) is 66.7 cm³/mol. The highest BCUT2D eigenvalue weighted by molar-refractivity contribution is 5.72. The van der Waals surface area contributed by atoms with Crippen molar-refractivity contribution in [2.75, 3.05) is 32.8 Å². The minimum atomic E-state index is -0.0588. The van der Waals surface area contributed by atoms with E-state index in [1.54, 1.807) is 0 Å². The Morgan fingerprint density at radius 2 is 2.00 bits per heavy atom. The van der Waals surface area contributed by atoms with Crippen LogP contribution in [0.1, 0.15) is 33.6 Å². The average molecular weight is 243 g/mol. The second kappa shape index (κ2) is 6.36. The molecular weight excluding hydrogens is 218 g/mol. The number of hydrogen-bond donors (Lipinski definition) is 1. The predicted octanol–water partition coefficient (Wildman–Crippen LogP) is 1.28. The minimum Gasteiger partial charge on any atom is -0.466 e. The fraction of sp³-hybridized carbons (Fsp3) is 0.923. The number of esters is 1. The van der Waals surface area contributed by atoms with Crippen LogP contribution in [0, 0.1) is 11.3 Å². The van der Waals surface area contributed by atoms with Crippen LogP contribution < -0.4 is 0 Å². The molecule has 0 unspecified atom stereocenters. The Hall–Kier alpha value is -0.610. The average Bonchev–Trinajstić information content (AvgIpc) is 2.30. The zero-order chi connectivity index (χ0) is 12.9. The van der Waals surface area contributed by atoms with Crippen LogP contribution in [0.25, 0.3) is 0 Å². The molecule has 0 radical (unpaired) electrons. The van der Waals surface area contributed by atoms with Gasteiger partial charge in [-0.1, -0.05) is 13.8 Å². The molecule has 1 saturated heterocycles. The molecule has 0 aromatic heterocycles. The monoisotopic (exact) mass is 243 g/mol. The standard InChI is InChI=1S/C13H25NO3/c1-4-17-12(16)11-5-7-14(8-6-11)9-13(2,3)10-15/h11,15H,4-10H2,1-3H3. The first-order chi connectivity index (χ1) is 7.98. The van der Waals surface area contributed by atoms with Crippen molar-refractivity contribution in [1.82, 2.24) is 4.90 Å². The number of aliphatic hydroxyl groups is 1. The minimum absolute atomic E-state index is 0.0476. The van der Waals surface area contributed by atoms with Gasteiger partial charge >= 0.3 is 5.97 Å². The Labute approximate surface area is 104 Å². The topological polar surface area (TPSA) is 49.8 Å². The van der Waals surface area contributed by atoms with Gasteiger partial charge < -0.3 is 14.7 Å². The number of carbonyl (C=O) groups is 1. The maximum Gasteiger partial charge on any atom is 0.309 e. The molecule has 1 N–H and O–H groups in total. The van der Waals surface area contributed by atoms with Crippen LogP contribution in [0.2, 0.25) is 0 Å². The first-order valence-corrected chi connectivity index (χ1v) is 6.48. The zero-order valence-corrected chi connectivity index (χ0v) is 11.2. The summed E-state index contributed by atoms with van der Waals surface area (Å²) in [6, 6.07) is 0. The van der Waals surface area contributed by atoms with Gasteiger partial charge in [0.05, 0.1) is 12.5 Å². The summed E-state index contributed by atoms with van der Waals surface area (Å²) in [5.74, 6) is 0.0250. The van der Waals surface area contributed by atoms with Crippen molar-refractivity contribution in [3.8, 4) is 0 Å². The highest BCUT2D eigenvalue weighted by Gasteiger charge is 2.28. The number of nitrogens with zero attached hydrogens (tertiary/aromatic N) is 1. The second-order valence-electron chi connectivity index (χ2n) is 5.62. The van der Waals surface area contributed by atoms with Gasteiger partial charge in [-0.2, -0.15) is 0 Å². The first-order valence-electron chi connectivity index (χ1n) is 6.48. The number of rotatable bonds is 5. The number of piperidine rings is 1. The lowest BCUT2D eigenvalue weighted by Crippen LogP contribution is -2.42. The summed E-state index contributed by atoms with van der Waals surface area (Å²) in [7, 11) is 0. The summed E-state index contributed by atoms with van der Waals surface area (Å²) in [6.07, 6.45) is 1.75. The van der Waals surface area contributed by atoms with Crippen LogP contribution in [0.3, 0.4) is 0 Å². The molecule has 17 heavy (non-hydrogen) atoms. The molecule has 1 aliphatic heterocycles. The maximum atomic E-state index is 11.6. The van der Waals surface area contributed by atoms with Crippen LogP contribution in [0.15, 0.2) is 0 Å². The Balaban J connectivity index is 2.33. The van der Waals surface area contributed by atoms with E-state index in [0.29, 0.717) is 6.61 Å². The second-order valence-corrected chi connectivity index (χ2v) is 5.62. The van der Waals surface area contributed by atoms with Gasteiger partial charge in [-0.25, -0.2) is 0 Å². The molecule has 4 nitrogen and oxygen atoms in total. The molecule has 1 fully saturated rings. The van der Waals surface area contributed by atoms with Gasteiger partial charge in [0.1, 0.15) is 0 Å². The quantitative estimate of drug-likeness (QED) is 0.739. The number of likely N-dealkylation sites (tertiary alicyclic amines) is 1. The molecule has 0 bridgehead atoms. The lowest BCUT2D eigenvalue weighted by atomic mass is 9.91. The number of aliphatic hydroxyl groups excluding tert-OH is 1. The van der Waals surface area contributed by atoms with Crippen molar-refractivity contribution in [2.24, 2.45) is 11.3 Å². The maximum absolute atomic E-state index is 11.6. The molecule has 100 valence electrons. The van der Waals surface area contributed by atoms with Gasteiger partial charge in [-0.05, 0) is 32.9 Å². The van der Waals surface area contributed by atoms with E-state index in [1.165, 1.54) is 0 Å². The molecular formula is C13H25NO3. The number of carbonyl (C=O) groups excluding carboxylic acids is 1. The zero-order valence-electron chi connectivity index (χ0n) is 11.2. The molecule has 1 heterocycles. The van der Waals surface area contributed by atoms with Gasteiger partial charge in [0.25, 0.3) is 0 Å². The normalized spacial score (nSPS) is 19.3. The summed E-state index contributed by atoms with van der Waals surface area (Å²) in [4.78, 5) is 13.9. The molecule has 0 saturated carbocycles. The van der Waals surface area contributed by atoms with E-state index in [9.17, 15) is 9.90 Å². The SMILES string of the molecule is CCOC(=O)C1CCN(CC(C)(C)CO)CC1. The van der Waals surface area contributed by atoms with E-state index < -0.39 is 0 Å². The molecule has 4 heteroatoms. The van der Waals surface area contributed by atoms with Crippen LogP contribution in [-0.4, -0.2) is 48.8 Å². The van der Waals surface area contributed by atoms with Gasteiger partial charge in [-0.3, -0.25) is 4.79 Å². The van der Waals surface area contributed by atoms with Gasteiger partial charge in [0.2, 0.25) is 0 Å². The molecule has 1 aliphatic rings. The third kappa shape index (κ3) is 4.64. The molecule has 0 aliphatic carbocycles. The lowest BCUT2D eigenvalue weighted by Gasteiger charge is -2.35. The number of hydrogen-bond acceptors (Lipinski definition) is 4. The summed E-state index contributed by atoms with van der Waals surface area (Å²) in [6.45, 7) is 9.37. The highest BCUT2D eigenvalue weighted by atomic mass is 16.5. The molecule has 1 rings (SSSR count). The molecule has 0 aromatic rings. The van der Waals surface area contributed by atoms with Crippen molar-refractivity contribution < 1.29 is 14.6 Å². The third-order valence-electron chi connectivity index (χ3n) is 3.29. The highest BCUT2D eigenvalue weighted by Crippen LogP contribution is 2.23. The van der Waals surface area contributed by atoms with Crippen molar-refractivity contribution in [3.05, 3.63) is 0 Å². The molecule has 0 spiro atoms. The van der Waals surface area contributed by atoms with Crippen molar-refractivity contribution in [1.29, 1.82) is 0 Å².